The number of aromatic nitrogens is 2. The molecule has 2 aromatic carbocycles. The molecule has 7 heteroatoms. The number of ether oxygens (including phenoxy) is 2. The standard InChI is InChI=1S/C21H25N3O4/c1-16-23-21(28-24-16)15-27-20-10-6-5-9-19(20)26-14-18(25)13-22-12-11-17-7-3-2-4-8-17/h2-10,18,22,25H,11-15H2,1H3. The van der Waals surface area contributed by atoms with E-state index in [2.05, 4.69) is 27.6 Å². The van der Waals surface area contributed by atoms with Crippen molar-refractivity contribution in [3.05, 3.63) is 71.9 Å². The number of rotatable bonds is 11. The Hall–Kier alpha value is -2.90. The third-order valence-electron chi connectivity index (χ3n) is 4.01. The number of hydrogen-bond acceptors (Lipinski definition) is 7. The van der Waals surface area contributed by atoms with Gasteiger partial charge in [-0.25, -0.2) is 0 Å². The third kappa shape index (κ3) is 6.37. The smallest absolute Gasteiger partial charge is 0.264 e. The molecule has 0 saturated heterocycles. The van der Waals surface area contributed by atoms with Crippen molar-refractivity contribution in [1.82, 2.24) is 15.5 Å². The highest BCUT2D eigenvalue weighted by atomic mass is 16.5. The summed E-state index contributed by atoms with van der Waals surface area (Å²) in [4.78, 5) is 4.10. The molecule has 1 unspecified atom stereocenters. The molecule has 0 aliphatic heterocycles. The molecule has 3 rings (SSSR count). The Morgan fingerprint density at radius 2 is 1.75 bits per heavy atom. The summed E-state index contributed by atoms with van der Waals surface area (Å²) in [5, 5.41) is 17.1. The fraction of sp³-hybridized carbons (Fsp3) is 0.333. The Labute approximate surface area is 164 Å². The lowest BCUT2D eigenvalue weighted by Crippen LogP contribution is -2.32. The summed E-state index contributed by atoms with van der Waals surface area (Å²) in [5.74, 6) is 2.07. The molecule has 7 nitrogen and oxygen atoms in total. The van der Waals surface area contributed by atoms with E-state index in [0.717, 1.165) is 13.0 Å². The van der Waals surface area contributed by atoms with Crippen LogP contribution in [0.3, 0.4) is 0 Å². The predicted molar refractivity (Wildman–Crippen MR) is 104 cm³/mol. The average molecular weight is 383 g/mol. The van der Waals surface area contributed by atoms with Gasteiger partial charge in [-0.05, 0) is 37.6 Å². The van der Waals surface area contributed by atoms with E-state index < -0.39 is 6.10 Å². The number of benzene rings is 2. The number of nitrogens with zero attached hydrogens (tertiary/aromatic N) is 2. The largest absolute Gasteiger partial charge is 0.487 e. The second kappa shape index (κ2) is 10.4. The number of aryl methyl sites for hydroxylation is 1. The molecule has 0 amide bonds. The Morgan fingerprint density at radius 1 is 1.04 bits per heavy atom. The molecule has 1 heterocycles. The van der Waals surface area contributed by atoms with E-state index in [1.54, 1.807) is 19.1 Å². The quantitative estimate of drug-likeness (QED) is 0.492. The van der Waals surface area contributed by atoms with E-state index in [1.807, 2.05) is 30.3 Å². The van der Waals surface area contributed by atoms with Crippen LogP contribution in [0.2, 0.25) is 0 Å². The first-order valence-corrected chi connectivity index (χ1v) is 9.27. The molecular weight excluding hydrogens is 358 g/mol. The Morgan fingerprint density at radius 3 is 2.46 bits per heavy atom. The van der Waals surface area contributed by atoms with Gasteiger partial charge in [0, 0.05) is 6.54 Å². The van der Waals surface area contributed by atoms with Gasteiger partial charge in [0.05, 0.1) is 0 Å². The summed E-state index contributed by atoms with van der Waals surface area (Å²) in [5.41, 5.74) is 1.27. The van der Waals surface area contributed by atoms with Crippen LogP contribution >= 0.6 is 0 Å². The second-order valence-corrected chi connectivity index (χ2v) is 6.38. The number of aliphatic hydroxyl groups is 1. The first-order valence-electron chi connectivity index (χ1n) is 9.27. The average Bonchev–Trinajstić information content (AvgIpc) is 3.14. The maximum atomic E-state index is 10.1. The Balaban J connectivity index is 1.39. The van der Waals surface area contributed by atoms with E-state index in [9.17, 15) is 5.11 Å². The highest BCUT2D eigenvalue weighted by molar-refractivity contribution is 5.39. The molecule has 28 heavy (non-hydrogen) atoms. The minimum Gasteiger partial charge on any atom is -0.487 e. The van der Waals surface area contributed by atoms with E-state index in [1.165, 1.54) is 5.56 Å². The zero-order valence-electron chi connectivity index (χ0n) is 15.9. The highest BCUT2D eigenvalue weighted by Gasteiger charge is 2.10. The zero-order chi connectivity index (χ0) is 19.6. The summed E-state index contributed by atoms with van der Waals surface area (Å²) >= 11 is 0. The number of hydrogen-bond donors (Lipinski definition) is 2. The number of aliphatic hydroxyl groups excluding tert-OH is 1. The van der Waals surface area contributed by atoms with Gasteiger partial charge in [-0.3, -0.25) is 0 Å². The van der Waals surface area contributed by atoms with Gasteiger partial charge in [-0.1, -0.05) is 47.6 Å². The van der Waals surface area contributed by atoms with Crippen LogP contribution in [-0.2, 0) is 13.0 Å². The fourth-order valence-electron chi connectivity index (χ4n) is 2.62. The molecular formula is C21H25N3O4. The van der Waals surface area contributed by atoms with Crippen LogP contribution in [0.5, 0.6) is 11.5 Å². The normalized spacial score (nSPS) is 11.9. The first kappa shape index (κ1) is 19.9. The third-order valence-corrected chi connectivity index (χ3v) is 4.01. The summed E-state index contributed by atoms with van der Waals surface area (Å²) in [6.07, 6.45) is 0.294. The van der Waals surface area contributed by atoms with Crippen molar-refractivity contribution in [3.63, 3.8) is 0 Å². The molecule has 0 radical (unpaired) electrons. The van der Waals surface area contributed by atoms with Crippen LogP contribution in [0.15, 0.2) is 59.1 Å². The number of nitrogens with one attached hydrogen (secondary N) is 1. The molecule has 0 bridgehead atoms. The van der Waals surface area contributed by atoms with Crippen molar-refractivity contribution < 1.29 is 19.1 Å². The highest BCUT2D eigenvalue weighted by Crippen LogP contribution is 2.27. The van der Waals surface area contributed by atoms with Crippen LogP contribution in [0, 0.1) is 6.92 Å². The van der Waals surface area contributed by atoms with Crippen LogP contribution in [0.25, 0.3) is 0 Å². The monoisotopic (exact) mass is 383 g/mol. The SMILES string of the molecule is Cc1noc(COc2ccccc2OCC(O)CNCCc2ccccc2)n1. The fourth-order valence-corrected chi connectivity index (χ4v) is 2.62. The lowest BCUT2D eigenvalue weighted by atomic mass is 10.1. The second-order valence-electron chi connectivity index (χ2n) is 6.38. The van der Waals surface area contributed by atoms with Gasteiger partial charge in [0.2, 0.25) is 0 Å². The van der Waals surface area contributed by atoms with Crippen molar-refractivity contribution >= 4 is 0 Å². The summed E-state index contributed by atoms with van der Waals surface area (Å²) < 4.78 is 16.5. The Bertz CT molecular complexity index is 838. The summed E-state index contributed by atoms with van der Waals surface area (Å²) in [7, 11) is 0. The van der Waals surface area contributed by atoms with Crippen molar-refractivity contribution in [2.45, 2.75) is 26.1 Å². The molecule has 0 aliphatic carbocycles. The molecule has 0 saturated carbocycles. The summed E-state index contributed by atoms with van der Waals surface area (Å²) in [6.45, 7) is 3.32. The molecule has 3 aromatic rings. The van der Waals surface area contributed by atoms with Gasteiger partial charge in [-0.15, -0.1) is 0 Å². The van der Waals surface area contributed by atoms with Gasteiger partial charge in [0.15, 0.2) is 23.9 Å². The first-order chi connectivity index (χ1) is 13.7. The zero-order valence-corrected chi connectivity index (χ0v) is 15.9. The van der Waals surface area contributed by atoms with Gasteiger partial charge < -0.3 is 24.4 Å². The van der Waals surface area contributed by atoms with Crippen molar-refractivity contribution in [2.75, 3.05) is 19.7 Å². The maximum absolute atomic E-state index is 10.1. The molecule has 0 fully saturated rings. The van der Waals surface area contributed by atoms with Crippen LogP contribution in [-0.4, -0.2) is 41.0 Å². The van der Waals surface area contributed by atoms with Gasteiger partial charge >= 0.3 is 0 Å². The van der Waals surface area contributed by atoms with Crippen molar-refractivity contribution in [1.29, 1.82) is 0 Å². The summed E-state index contributed by atoms with van der Waals surface area (Å²) in [6, 6.07) is 17.5. The van der Waals surface area contributed by atoms with Gasteiger partial charge in [0.1, 0.15) is 12.7 Å². The maximum Gasteiger partial charge on any atom is 0.264 e. The van der Waals surface area contributed by atoms with Crippen molar-refractivity contribution in [3.8, 4) is 11.5 Å². The molecule has 0 spiro atoms. The lowest BCUT2D eigenvalue weighted by Gasteiger charge is -2.15. The van der Waals surface area contributed by atoms with Gasteiger partial charge in [-0.2, -0.15) is 4.98 Å². The van der Waals surface area contributed by atoms with Crippen molar-refractivity contribution in [2.24, 2.45) is 0 Å². The molecule has 1 aromatic heterocycles. The minimum atomic E-state index is -0.623. The van der Waals surface area contributed by atoms with Gasteiger partial charge in [0.25, 0.3) is 5.89 Å². The van der Waals surface area contributed by atoms with E-state index in [-0.39, 0.29) is 13.2 Å². The van der Waals surface area contributed by atoms with E-state index >= 15 is 0 Å². The molecule has 2 N–H and O–H groups in total. The minimum absolute atomic E-state index is 0.158. The predicted octanol–water partition coefficient (Wildman–Crippen LogP) is 2.53. The number of para-hydroxylation sites is 2. The lowest BCUT2D eigenvalue weighted by molar-refractivity contribution is 0.103. The van der Waals surface area contributed by atoms with E-state index in [0.29, 0.717) is 29.8 Å². The van der Waals surface area contributed by atoms with E-state index in [4.69, 9.17) is 14.0 Å². The topological polar surface area (TPSA) is 89.6 Å². The molecule has 1 atom stereocenters. The molecule has 0 aliphatic rings. The van der Waals surface area contributed by atoms with Crippen LogP contribution < -0.4 is 14.8 Å². The van der Waals surface area contributed by atoms with Crippen LogP contribution in [0.1, 0.15) is 17.3 Å². The Kier molecular flexibility index (Phi) is 7.40. The molecule has 148 valence electrons. The van der Waals surface area contributed by atoms with Crippen LogP contribution in [0.4, 0.5) is 0 Å².